The van der Waals surface area contributed by atoms with Crippen LogP contribution in [0.3, 0.4) is 0 Å². The van der Waals surface area contributed by atoms with Crippen molar-refractivity contribution in [3.63, 3.8) is 0 Å². The normalized spacial score (nSPS) is 10.4. The number of rotatable bonds is 13. The number of halogens is 11. The van der Waals surface area contributed by atoms with Crippen LogP contribution >= 0.6 is 102 Å². The maximum Gasteiger partial charge on any atom is 0.326 e. The number of ketones is 1. The molecule has 0 amide bonds. The molecule has 0 saturated carbocycles. The molecule has 520 valence electrons. The molecule has 2 aromatic carbocycles. The number of nitrogens with zero attached hydrogens (tertiary/aromatic N) is 8. The average Bonchev–Trinajstić information content (AvgIpc) is 0.811. The molecule has 41 heteroatoms. The van der Waals surface area contributed by atoms with E-state index in [1.165, 1.54) is 26.4 Å². The summed E-state index contributed by atoms with van der Waals surface area (Å²) < 4.78 is 116. The van der Waals surface area contributed by atoms with Crippen LogP contribution in [0.2, 0.25) is 5.15 Å². The fourth-order valence-corrected chi connectivity index (χ4v) is 10.6. The van der Waals surface area contributed by atoms with Gasteiger partial charge in [0.25, 0.3) is 30.4 Å². The SMILES string of the molecule is COC(=O)C(C(=O)OC)c1ncc(Br)c(C)c1[N+](=O)[O-].COC(=O)CC(=O)CO.Cc1c(Br)cnc(Cl)c1[N+](=O)[O-].Cc1ncc(Br)c(C)c1N.Cc1ncc(Br)c(C)c1NS(=O)(=O)c1ccc(F)cc1F.Cc1ncc(Br)c(C)c1[N+](=O)[O-].O=S(=O)(Cl)c1ccc(F)cc1F. The molecule has 5 heterocycles. The number of nitrogens with two attached hydrogens (primary N) is 1. The van der Waals surface area contributed by atoms with Crippen LogP contribution in [-0.4, -0.2) is 113 Å². The number of aliphatic hydroxyl groups is 1. The van der Waals surface area contributed by atoms with Crippen molar-refractivity contribution in [2.45, 2.75) is 77.5 Å². The van der Waals surface area contributed by atoms with Crippen LogP contribution in [0.25, 0.3) is 0 Å². The minimum Gasteiger partial charge on any atom is -0.469 e. The van der Waals surface area contributed by atoms with Gasteiger partial charge in [-0.2, -0.15) is 0 Å². The number of hydrogen-bond donors (Lipinski definition) is 3. The summed E-state index contributed by atoms with van der Waals surface area (Å²) in [5, 5.41) is 40.2. The third-order valence-corrected chi connectivity index (χ3v) is 18.9. The summed E-state index contributed by atoms with van der Waals surface area (Å²) in [6, 6.07) is 4.33. The number of esters is 3. The number of anilines is 2. The number of sulfonamides is 1. The smallest absolute Gasteiger partial charge is 0.326 e. The first-order valence-corrected chi connectivity index (χ1v) is 33.7. The molecule has 4 N–H and O–H groups in total. The van der Waals surface area contributed by atoms with Crippen molar-refractivity contribution in [1.29, 1.82) is 0 Å². The zero-order valence-corrected chi connectivity index (χ0v) is 62.4. The number of benzene rings is 2. The van der Waals surface area contributed by atoms with E-state index < -0.39 is 109 Å². The highest BCUT2D eigenvalue weighted by molar-refractivity contribution is 9.11. The molecular weight excluding hydrogens is 1700 g/mol. The van der Waals surface area contributed by atoms with Gasteiger partial charge in [-0.05, 0) is 170 Å². The molecule has 0 fully saturated rings. The Morgan fingerprint density at radius 2 is 0.969 bits per heavy atom. The summed E-state index contributed by atoms with van der Waals surface area (Å²) in [5.41, 5.74) is 10.7. The Kier molecular flexibility index (Phi) is 35.9. The van der Waals surface area contributed by atoms with E-state index >= 15 is 0 Å². The Morgan fingerprint density at radius 3 is 1.35 bits per heavy atom. The van der Waals surface area contributed by atoms with E-state index in [-0.39, 0.29) is 39.9 Å². The van der Waals surface area contributed by atoms with Crippen molar-refractivity contribution >= 4 is 173 Å². The van der Waals surface area contributed by atoms with Gasteiger partial charge < -0.3 is 25.1 Å². The molecule has 0 saturated heterocycles. The number of carbonyl (C=O) groups excluding carboxylic acids is 4. The van der Waals surface area contributed by atoms with E-state index in [0.717, 1.165) is 59.9 Å². The van der Waals surface area contributed by atoms with Gasteiger partial charge in [-0.1, -0.05) is 11.6 Å². The number of pyridine rings is 5. The zero-order valence-electron chi connectivity index (χ0n) is 51.4. The number of hydrogen-bond acceptors (Lipinski definition) is 24. The first-order chi connectivity index (χ1) is 44.4. The first kappa shape index (κ1) is 86.6. The lowest BCUT2D eigenvalue weighted by Crippen LogP contribution is -2.26. The van der Waals surface area contributed by atoms with Crippen LogP contribution in [0.1, 0.15) is 62.9 Å². The number of ether oxygens (including phenoxy) is 3. The van der Waals surface area contributed by atoms with Crippen molar-refractivity contribution in [2.75, 3.05) is 38.4 Å². The summed E-state index contributed by atoms with van der Waals surface area (Å²) in [4.78, 5) is 92.4. The Morgan fingerprint density at radius 1 is 0.583 bits per heavy atom. The summed E-state index contributed by atoms with van der Waals surface area (Å²) in [6.07, 6.45) is 7.24. The second kappa shape index (κ2) is 39.7. The number of nitro groups is 3. The van der Waals surface area contributed by atoms with E-state index in [0.29, 0.717) is 58.1 Å². The lowest BCUT2D eigenvalue weighted by atomic mass is 10.0. The lowest BCUT2D eigenvalue weighted by molar-refractivity contribution is -0.386. The third-order valence-electron chi connectivity index (χ3n) is 11.9. The first-order valence-electron chi connectivity index (χ1n) is 25.6. The summed E-state index contributed by atoms with van der Waals surface area (Å²) >= 11 is 21.5. The van der Waals surface area contributed by atoms with Crippen molar-refractivity contribution in [3.05, 3.63) is 199 Å². The van der Waals surface area contributed by atoms with Gasteiger partial charge in [-0.3, -0.25) is 74.2 Å². The van der Waals surface area contributed by atoms with Crippen molar-refractivity contribution in [1.82, 2.24) is 24.9 Å². The number of nitrogen functional groups attached to an aromatic ring is 1. The van der Waals surface area contributed by atoms with Gasteiger partial charge in [0.05, 0.1) is 58.9 Å². The molecule has 0 atom stereocenters. The fourth-order valence-electron chi connectivity index (χ4n) is 6.72. The fraction of sp³-hybridized carbons (Fsp3) is 0.255. The summed E-state index contributed by atoms with van der Waals surface area (Å²) in [7, 11) is -0.151. The number of aliphatic hydroxyl groups excluding tert-OH is 1. The molecule has 0 aliphatic carbocycles. The predicted molar refractivity (Wildman–Crippen MR) is 359 cm³/mol. The number of aryl methyl sites for hydroxylation is 3. The minimum atomic E-state index is -4.18. The van der Waals surface area contributed by atoms with Gasteiger partial charge in [0.15, 0.2) is 5.78 Å². The van der Waals surface area contributed by atoms with Crippen molar-refractivity contribution in [2.24, 2.45) is 0 Å². The molecule has 0 unspecified atom stereocenters. The molecule has 96 heavy (non-hydrogen) atoms. The van der Waals surface area contributed by atoms with Crippen LogP contribution in [-0.2, 0) is 52.5 Å². The van der Waals surface area contributed by atoms with E-state index in [1.807, 2.05) is 13.8 Å². The summed E-state index contributed by atoms with van der Waals surface area (Å²) in [6.45, 7) is 13.0. The largest absolute Gasteiger partial charge is 0.469 e. The topological polar surface area (TPSA) is 416 Å². The molecule has 28 nitrogen and oxygen atoms in total. The third kappa shape index (κ3) is 25.9. The molecular formula is C55H53Br5Cl2F4N10O18S2. The van der Waals surface area contributed by atoms with Gasteiger partial charge >= 0.3 is 23.6 Å². The molecule has 0 radical (unpaired) electrons. The maximum atomic E-state index is 13.6. The van der Waals surface area contributed by atoms with Gasteiger partial charge in [-0.15, -0.1) is 0 Å². The van der Waals surface area contributed by atoms with Gasteiger partial charge in [-0.25, -0.2) is 39.4 Å². The maximum absolute atomic E-state index is 13.6. The predicted octanol–water partition coefficient (Wildman–Crippen LogP) is 13.2. The van der Waals surface area contributed by atoms with E-state index in [1.54, 1.807) is 53.2 Å². The second-order valence-corrected chi connectivity index (χ2v) is 27.1. The van der Waals surface area contributed by atoms with Crippen LogP contribution in [0.4, 0.5) is 46.0 Å². The Labute approximate surface area is 596 Å². The average molecular weight is 1750 g/mol. The Balaban J connectivity index is 0.000000573. The zero-order chi connectivity index (χ0) is 74.2. The molecule has 7 aromatic rings. The van der Waals surface area contributed by atoms with Crippen LogP contribution in [0, 0.1) is 109 Å². The van der Waals surface area contributed by atoms with E-state index in [2.05, 4.69) is 124 Å². The highest BCUT2D eigenvalue weighted by Crippen LogP contribution is 2.35. The Hall–Kier alpha value is -7.37. The Bertz CT molecular complexity index is 4190. The van der Waals surface area contributed by atoms with Gasteiger partial charge in [0.1, 0.15) is 57.5 Å². The van der Waals surface area contributed by atoms with Crippen LogP contribution in [0.5, 0.6) is 0 Å². The quantitative estimate of drug-likeness (QED) is 0.0141. The number of aromatic nitrogens is 5. The molecule has 0 spiro atoms. The second-order valence-electron chi connectivity index (χ2n) is 18.3. The van der Waals surface area contributed by atoms with E-state index in [9.17, 15) is 83.9 Å². The molecule has 5 aromatic heterocycles. The number of methoxy groups -OCH3 is 3. The molecule has 0 aliphatic heterocycles. The van der Waals surface area contributed by atoms with Crippen molar-refractivity contribution in [3.8, 4) is 0 Å². The monoisotopic (exact) mass is 1750 g/mol. The van der Waals surface area contributed by atoms with Crippen molar-refractivity contribution < 1.29 is 87.7 Å². The number of nitrogens with one attached hydrogen (secondary N) is 1. The number of Topliss-reactive ketones (excluding diaryl/α,β-unsaturated/α-hetero) is 1. The van der Waals surface area contributed by atoms with E-state index in [4.69, 9.17) is 33.1 Å². The van der Waals surface area contributed by atoms with Gasteiger partial charge in [0.2, 0.25) is 11.1 Å². The molecule has 7 rings (SSSR count). The minimum absolute atomic E-state index is 0.0827. The highest BCUT2D eigenvalue weighted by Gasteiger charge is 2.39. The van der Waals surface area contributed by atoms with Crippen LogP contribution < -0.4 is 10.5 Å². The molecule has 0 bridgehead atoms. The van der Waals surface area contributed by atoms with Crippen LogP contribution in [0.15, 0.2) is 99.5 Å². The highest BCUT2D eigenvalue weighted by atomic mass is 79.9. The lowest BCUT2D eigenvalue weighted by Gasteiger charge is -2.14. The standard InChI is InChI=1S/C13H11BrF2N2O2S.C11H11BrN2O6.C7H7BrN2O2.C7H9BrN2.C6H4BrClN2O2.C6H3ClF2O2S.C5H8O4/c1-7-10(14)6-17-8(2)13(7)18-21(19,20)12-4-3-9(15)5-11(12)16;1-5-6(12)4-13-8(9(5)14(17)18)7(10(15)19-2)11(16)20-3;1-4-6(8)3-9-5(2)7(4)10(11)12;1-4-6(8)3-10-5(2)7(4)9;1-3-4(7)2-9-6(8)5(3)10(11)12;7-12(10,11)6-2-1-4(8)3-5(6)9;1-9-5(8)2-4(7)3-6/h3-6,18H,1-2H3;4,7H,1-3H3;3H,1-2H3;3H,9H2,1-2H3;2H,1H3;1-3H;6H,2-3H2,1H3. The summed E-state index contributed by atoms with van der Waals surface area (Å²) in [5.74, 6) is -8.73. The number of carbonyl (C=O) groups is 4. The molecule has 0 aliphatic rings. The van der Waals surface area contributed by atoms with Gasteiger partial charge in [0, 0.05) is 92.9 Å².